The maximum Gasteiger partial charge on any atom is 0.360 e. The molecule has 6 heteroatoms. The van der Waals surface area contributed by atoms with Crippen LogP contribution in [0.3, 0.4) is 0 Å². The first-order valence-corrected chi connectivity index (χ1v) is 7.04. The number of aryl methyl sites for hydroxylation is 1. The van der Waals surface area contributed by atoms with Gasteiger partial charge in [-0.3, -0.25) is 0 Å². The van der Waals surface area contributed by atoms with E-state index in [1.54, 1.807) is 13.8 Å². The number of hydrogen-bond donors (Lipinski definition) is 0. The van der Waals surface area contributed by atoms with E-state index in [1.165, 1.54) is 10.4 Å². The molecule has 0 bridgehead atoms. The van der Waals surface area contributed by atoms with E-state index in [0.717, 1.165) is 11.0 Å². The summed E-state index contributed by atoms with van der Waals surface area (Å²) in [6, 6.07) is 7.77. The average molecular weight is 324 g/mol. The highest BCUT2D eigenvalue weighted by atomic mass is 79.9. The summed E-state index contributed by atoms with van der Waals surface area (Å²) in [5.41, 5.74) is 2.79. The number of nitrogens with zero attached hydrogens (tertiary/aromatic N) is 3. The van der Waals surface area contributed by atoms with Crippen molar-refractivity contribution in [3.8, 4) is 5.69 Å². The maximum absolute atomic E-state index is 11.7. The molecule has 0 unspecified atom stereocenters. The van der Waals surface area contributed by atoms with E-state index in [2.05, 4.69) is 26.1 Å². The van der Waals surface area contributed by atoms with Crippen LogP contribution in [0.1, 0.15) is 28.7 Å². The zero-order valence-corrected chi connectivity index (χ0v) is 12.3. The molecule has 0 saturated heterocycles. The van der Waals surface area contributed by atoms with E-state index < -0.39 is 5.97 Å². The van der Waals surface area contributed by atoms with Crippen LogP contribution in [0.5, 0.6) is 0 Å². The Morgan fingerprint density at radius 2 is 2.00 bits per heavy atom. The number of aromatic nitrogens is 3. The number of ether oxygens (including phenoxy) is 1. The summed E-state index contributed by atoms with van der Waals surface area (Å²) < 4.78 is 4.93. The average Bonchev–Trinajstić information content (AvgIpc) is 2.81. The summed E-state index contributed by atoms with van der Waals surface area (Å²) in [6.07, 6.45) is 0. The highest BCUT2D eigenvalue weighted by Crippen LogP contribution is 2.12. The van der Waals surface area contributed by atoms with Gasteiger partial charge in [-0.15, -0.1) is 5.10 Å². The lowest BCUT2D eigenvalue weighted by Crippen LogP contribution is -2.07. The molecule has 2 rings (SSSR count). The molecule has 0 aliphatic heterocycles. The Morgan fingerprint density at radius 1 is 1.32 bits per heavy atom. The molecular weight excluding hydrogens is 310 g/mol. The van der Waals surface area contributed by atoms with Crippen molar-refractivity contribution in [2.45, 2.75) is 19.2 Å². The fourth-order valence-corrected chi connectivity index (χ4v) is 1.97. The monoisotopic (exact) mass is 323 g/mol. The van der Waals surface area contributed by atoms with Crippen molar-refractivity contribution >= 4 is 21.9 Å². The standard InChI is InChI=1S/C13H14BrN3O2/c1-3-19-13(18)12-9(2)15-17(16-12)11-6-4-10(8-14)5-7-11/h4-7H,3,8H2,1-2H3. The molecule has 1 aromatic carbocycles. The second-order valence-electron chi connectivity index (χ2n) is 3.94. The summed E-state index contributed by atoms with van der Waals surface area (Å²) in [6.45, 7) is 3.82. The Hall–Kier alpha value is -1.69. The van der Waals surface area contributed by atoms with Gasteiger partial charge in [-0.05, 0) is 31.5 Å². The summed E-state index contributed by atoms with van der Waals surface area (Å²) in [5.74, 6) is -0.441. The SMILES string of the molecule is CCOC(=O)c1nn(-c2ccc(CBr)cc2)nc1C. The van der Waals surface area contributed by atoms with Crippen LogP contribution in [0.25, 0.3) is 5.69 Å². The third-order valence-corrected chi connectivity index (χ3v) is 3.22. The fraction of sp³-hybridized carbons (Fsp3) is 0.308. The van der Waals surface area contributed by atoms with Crippen molar-refractivity contribution in [1.82, 2.24) is 15.0 Å². The van der Waals surface area contributed by atoms with Gasteiger partial charge in [0, 0.05) is 5.33 Å². The van der Waals surface area contributed by atoms with Crippen molar-refractivity contribution in [3.05, 3.63) is 41.2 Å². The van der Waals surface area contributed by atoms with Crippen LogP contribution in [-0.2, 0) is 10.1 Å². The maximum atomic E-state index is 11.7. The predicted octanol–water partition coefficient (Wildman–Crippen LogP) is 2.65. The van der Waals surface area contributed by atoms with Crippen molar-refractivity contribution in [3.63, 3.8) is 0 Å². The van der Waals surface area contributed by atoms with Crippen LogP contribution in [-0.4, -0.2) is 27.6 Å². The molecule has 0 atom stereocenters. The molecule has 0 N–H and O–H groups in total. The van der Waals surface area contributed by atoms with Gasteiger partial charge < -0.3 is 4.74 Å². The number of esters is 1. The van der Waals surface area contributed by atoms with E-state index in [1.807, 2.05) is 24.3 Å². The second-order valence-corrected chi connectivity index (χ2v) is 4.50. The summed E-state index contributed by atoms with van der Waals surface area (Å²) in [4.78, 5) is 13.1. The van der Waals surface area contributed by atoms with Crippen LogP contribution >= 0.6 is 15.9 Å². The van der Waals surface area contributed by atoms with Crippen LogP contribution in [0.15, 0.2) is 24.3 Å². The second kappa shape index (κ2) is 5.97. The van der Waals surface area contributed by atoms with Crippen LogP contribution in [0.2, 0.25) is 0 Å². The van der Waals surface area contributed by atoms with E-state index in [4.69, 9.17) is 4.74 Å². The summed E-state index contributed by atoms with van der Waals surface area (Å²) >= 11 is 3.39. The van der Waals surface area contributed by atoms with Gasteiger partial charge in [0.05, 0.1) is 18.0 Å². The van der Waals surface area contributed by atoms with Crippen molar-refractivity contribution < 1.29 is 9.53 Å². The van der Waals surface area contributed by atoms with Gasteiger partial charge in [-0.1, -0.05) is 28.1 Å². The quantitative estimate of drug-likeness (QED) is 0.641. The zero-order valence-electron chi connectivity index (χ0n) is 10.8. The largest absolute Gasteiger partial charge is 0.461 e. The lowest BCUT2D eigenvalue weighted by atomic mass is 10.2. The van der Waals surface area contributed by atoms with Gasteiger partial charge in [-0.2, -0.15) is 9.90 Å². The topological polar surface area (TPSA) is 57.0 Å². The number of benzene rings is 1. The van der Waals surface area contributed by atoms with E-state index >= 15 is 0 Å². The van der Waals surface area contributed by atoms with Crippen molar-refractivity contribution in [2.24, 2.45) is 0 Å². The van der Waals surface area contributed by atoms with Crippen LogP contribution < -0.4 is 0 Å². The minimum Gasteiger partial charge on any atom is -0.461 e. The number of carbonyl (C=O) groups excluding carboxylic acids is 1. The summed E-state index contributed by atoms with van der Waals surface area (Å²) in [5, 5.41) is 9.20. The molecule has 19 heavy (non-hydrogen) atoms. The Labute approximate surface area is 119 Å². The van der Waals surface area contributed by atoms with E-state index in [0.29, 0.717) is 12.3 Å². The van der Waals surface area contributed by atoms with Crippen LogP contribution in [0, 0.1) is 6.92 Å². The van der Waals surface area contributed by atoms with Gasteiger partial charge in [0.1, 0.15) is 0 Å². The molecule has 0 spiro atoms. The lowest BCUT2D eigenvalue weighted by Gasteiger charge is -2.00. The van der Waals surface area contributed by atoms with Gasteiger partial charge in [0.15, 0.2) is 5.69 Å². The Balaban J connectivity index is 2.30. The Bertz CT molecular complexity index is 578. The first kappa shape index (κ1) is 13.7. The third-order valence-electron chi connectivity index (χ3n) is 2.57. The van der Waals surface area contributed by atoms with Crippen molar-refractivity contribution in [1.29, 1.82) is 0 Å². The molecule has 0 radical (unpaired) electrons. The van der Waals surface area contributed by atoms with E-state index in [-0.39, 0.29) is 5.69 Å². The zero-order chi connectivity index (χ0) is 13.8. The number of alkyl halides is 1. The molecule has 2 aromatic rings. The highest BCUT2D eigenvalue weighted by molar-refractivity contribution is 9.08. The molecular formula is C13H14BrN3O2. The van der Waals surface area contributed by atoms with Crippen LogP contribution in [0.4, 0.5) is 0 Å². The molecule has 100 valence electrons. The van der Waals surface area contributed by atoms with Gasteiger partial charge in [0.25, 0.3) is 0 Å². The van der Waals surface area contributed by atoms with Gasteiger partial charge >= 0.3 is 5.97 Å². The molecule has 1 aromatic heterocycles. The fourth-order valence-electron chi connectivity index (χ4n) is 1.60. The lowest BCUT2D eigenvalue weighted by molar-refractivity contribution is 0.0518. The Morgan fingerprint density at radius 3 is 2.58 bits per heavy atom. The normalized spacial score (nSPS) is 10.5. The number of carbonyl (C=O) groups is 1. The smallest absolute Gasteiger partial charge is 0.360 e. The predicted molar refractivity (Wildman–Crippen MR) is 74.7 cm³/mol. The molecule has 0 saturated carbocycles. The molecule has 1 heterocycles. The Kier molecular flexibility index (Phi) is 4.31. The molecule has 5 nitrogen and oxygen atoms in total. The minimum absolute atomic E-state index is 0.256. The number of halogens is 1. The van der Waals surface area contributed by atoms with E-state index in [9.17, 15) is 4.79 Å². The highest BCUT2D eigenvalue weighted by Gasteiger charge is 2.17. The first-order chi connectivity index (χ1) is 9.15. The van der Waals surface area contributed by atoms with Crippen molar-refractivity contribution in [2.75, 3.05) is 6.61 Å². The molecule has 0 fully saturated rings. The molecule has 0 aliphatic rings. The summed E-state index contributed by atoms with van der Waals surface area (Å²) in [7, 11) is 0. The molecule has 0 amide bonds. The number of rotatable bonds is 4. The molecule has 0 aliphatic carbocycles. The van der Waals surface area contributed by atoms with Gasteiger partial charge in [-0.25, -0.2) is 4.79 Å². The third kappa shape index (κ3) is 3.01. The first-order valence-electron chi connectivity index (χ1n) is 5.92. The van der Waals surface area contributed by atoms with Gasteiger partial charge in [0.2, 0.25) is 0 Å². The number of hydrogen-bond acceptors (Lipinski definition) is 4. The minimum atomic E-state index is -0.441.